The SMILES string of the molecule is COc1ccccc1Oc1nc2c(cc1C(=O)O)CCC2. The van der Waals surface area contributed by atoms with Gasteiger partial charge in [-0.2, -0.15) is 0 Å². The molecular weight excluding hydrogens is 270 g/mol. The highest BCUT2D eigenvalue weighted by atomic mass is 16.5. The van der Waals surface area contributed by atoms with E-state index in [1.165, 1.54) is 7.11 Å². The predicted octanol–water partition coefficient (Wildman–Crippen LogP) is 3.07. The lowest BCUT2D eigenvalue weighted by molar-refractivity contribution is 0.0693. The molecule has 0 bridgehead atoms. The van der Waals surface area contributed by atoms with Crippen molar-refractivity contribution in [1.29, 1.82) is 0 Å². The largest absolute Gasteiger partial charge is 0.493 e. The quantitative estimate of drug-likeness (QED) is 0.935. The minimum absolute atomic E-state index is 0.0848. The Bertz CT molecular complexity index is 697. The zero-order valence-corrected chi connectivity index (χ0v) is 11.6. The summed E-state index contributed by atoms with van der Waals surface area (Å²) in [4.78, 5) is 15.8. The number of para-hydroxylation sites is 2. The monoisotopic (exact) mass is 285 g/mol. The summed E-state index contributed by atoms with van der Waals surface area (Å²) < 4.78 is 10.9. The van der Waals surface area contributed by atoms with E-state index in [2.05, 4.69) is 4.98 Å². The number of carboxylic acids is 1. The highest BCUT2D eigenvalue weighted by Gasteiger charge is 2.22. The third-order valence-corrected chi connectivity index (χ3v) is 3.52. The molecule has 0 aliphatic heterocycles. The number of fused-ring (bicyclic) bond motifs is 1. The molecular formula is C16H15NO4. The molecule has 0 fully saturated rings. The normalized spacial score (nSPS) is 12.8. The van der Waals surface area contributed by atoms with E-state index in [4.69, 9.17) is 9.47 Å². The number of aromatic nitrogens is 1. The fourth-order valence-corrected chi connectivity index (χ4v) is 2.49. The Balaban J connectivity index is 2.03. The number of aromatic carboxylic acids is 1. The van der Waals surface area contributed by atoms with Crippen molar-refractivity contribution in [2.24, 2.45) is 0 Å². The molecule has 108 valence electrons. The summed E-state index contributed by atoms with van der Waals surface area (Å²) in [5.41, 5.74) is 2.01. The summed E-state index contributed by atoms with van der Waals surface area (Å²) >= 11 is 0. The molecule has 1 aromatic carbocycles. The number of benzene rings is 1. The van der Waals surface area contributed by atoms with Crippen molar-refractivity contribution in [2.45, 2.75) is 19.3 Å². The first-order valence-corrected chi connectivity index (χ1v) is 6.76. The number of carbonyl (C=O) groups is 1. The molecule has 1 heterocycles. The van der Waals surface area contributed by atoms with Crippen molar-refractivity contribution >= 4 is 5.97 Å². The number of methoxy groups -OCH3 is 1. The van der Waals surface area contributed by atoms with E-state index in [-0.39, 0.29) is 11.4 Å². The predicted molar refractivity (Wildman–Crippen MR) is 76.3 cm³/mol. The molecule has 3 rings (SSSR count). The highest BCUT2D eigenvalue weighted by Crippen LogP contribution is 2.34. The van der Waals surface area contributed by atoms with E-state index >= 15 is 0 Å². The zero-order chi connectivity index (χ0) is 14.8. The van der Waals surface area contributed by atoms with Crippen LogP contribution in [-0.2, 0) is 12.8 Å². The summed E-state index contributed by atoms with van der Waals surface area (Å²) in [5.74, 6) is 0.0684. The van der Waals surface area contributed by atoms with E-state index in [9.17, 15) is 9.90 Å². The third-order valence-electron chi connectivity index (χ3n) is 3.52. The molecule has 0 atom stereocenters. The number of aryl methyl sites for hydroxylation is 2. The minimum Gasteiger partial charge on any atom is -0.493 e. The number of ether oxygens (including phenoxy) is 2. The summed E-state index contributed by atoms with van der Waals surface area (Å²) in [6, 6.07) is 8.76. The van der Waals surface area contributed by atoms with Crippen LogP contribution >= 0.6 is 0 Å². The Kier molecular flexibility index (Phi) is 3.48. The molecule has 0 spiro atoms. The number of carboxylic acid groups (broad SMARTS) is 1. The topological polar surface area (TPSA) is 68.7 Å². The van der Waals surface area contributed by atoms with Crippen LogP contribution in [0, 0.1) is 0 Å². The van der Waals surface area contributed by atoms with Crippen LogP contribution in [0.1, 0.15) is 28.0 Å². The Morgan fingerprint density at radius 2 is 2.00 bits per heavy atom. The van der Waals surface area contributed by atoms with Gasteiger partial charge < -0.3 is 14.6 Å². The second kappa shape index (κ2) is 5.44. The molecule has 2 aromatic rings. The standard InChI is InChI=1S/C16H15NO4/c1-20-13-7-2-3-8-14(13)21-15-11(16(18)19)9-10-5-4-6-12(10)17-15/h2-3,7-9H,4-6H2,1H3,(H,18,19). The lowest BCUT2D eigenvalue weighted by Crippen LogP contribution is -2.05. The molecule has 0 amide bonds. The molecule has 1 N–H and O–H groups in total. The second-order valence-corrected chi connectivity index (χ2v) is 4.86. The Morgan fingerprint density at radius 1 is 1.24 bits per heavy atom. The average molecular weight is 285 g/mol. The first kappa shape index (κ1) is 13.4. The fourth-order valence-electron chi connectivity index (χ4n) is 2.49. The van der Waals surface area contributed by atoms with Crippen LogP contribution in [0.2, 0.25) is 0 Å². The van der Waals surface area contributed by atoms with Crippen LogP contribution in [0.15, 0.2) is 30.3 Å². The van der Waals surface area contributed by atoms with Gasteiger partial charge in [-0.15, -0.1) is 0 Å². The van der Waals surface area contributed by atoms with Crippen molar-refractivity contribution in [1.82, 2.24) is 4.98 Å². The van der Waals surface area contributed by atoms with E-state index in [1.54, 1.807) is 24.3 Å². The van der Waals surface area contributed by atoms with E-state index in [1.807, 2.05) is 6.07 Å². The molecule has 5 heteroatoms. The lowest BCUT2D eigenvalue weighted by atomic mass is 10.1. The molecule has 5 nitrogen and oxygen atoms in total. The zero-order valence-electron chi connectivity index (χ0n) is 11.6. The van der Waals surface area contributed by atoms with Crippen molar-refractivity contribution in [3.05, 3.63) is 47.2 Å². The van der Waals surface area contributed by atoms with Crippen molar-refractivity contribution < 1.29 is 19.4 Å². The molecule has 21 heavy (non-hydrogen) atoms. The van der Waals surface area contributed by atoms with Gasteiger partial charge in [0.2, 0.25) is 5.88 Å². The number of rotatable bonds is 4. The van der Waals surface area contributed by atoms with Crippen LogP contribution in [0.4, 0.5) is 0 Å². The molecule has 1 aliphatic carbocycles. The number of hydrogen-bond donors (Lipinski definition) is 1. The molecule has 1 aliphatic rings. The Hall–Kier alpha value is -2.56. The maximum atomic E-state index is 11.4. The van der Waals surface area contributed by atoms with Gasteiger partial charge in [0.25, 0.3) is 0 Å². The average Bonchev–Trinajstić information content (AvgIpc) is 2.94. The summed E-state index contributed by atoms with van der Waals surface area (Å²) in [6.07, 6.45) is 2.73. The summed E-state index contributed by atoms with van der Waals surface area (Å²) in [6.45, 7) is 0. The molecule has 0 radical (unpaired) electrons. The Morgan fingerprint density at radius 3 is 2.71 bits per heavy atom. The van der Waals surface area contributed by atoms with Gasteiger partial charge in [-0.3, -0.25) is 0 Å². The minimum atomic E-state index is -1.04. The number of pyridine rings is 1. The Labute approximate surface area is 122 Å². The van der Waals surface area contributed by atoms with Gasteiger partial charge in [0.15, 0.2) is 11.5 Å². The van der Waals surface area contributed by atoms with Gasteiger partial charge in [-0.1, -0.05) is 12.1 Å². The fraction of sp³-hybridized carbons (Fsp3) is 0.250. The van der Waals surface area contributed by atoms with Crippen molar-refractivity contribution in [3.8, 4) is 17.4 Å². The van der Waals surface area contributed by atoms with Crippen LogP contribution in [0.25, 0.3) is 0 Å². The molecule has 0 saturated heterocycles. The van der Waals surface area contributed by atoms with Gasteiger partial charge in [-0.25, -0.2) is 9.78 Å². The maximum Gasteiger partial charge on any atom is 0.341 e. The van der Waals surface area contributed by atoms with Gasteiger partial charge in [0.05, 0.1) is 7.11 Å². The van der Waals surface area contributed by atoms with Gasteiger partial charge >= 0.3 is 5.97 Å². The van der Waals surface area contributed by atoms with Gasteiger partial charge in [0.1, 0.15) is 5.56 Å². The smallest absolute Gasteiger partial charge is 0.341 e. The van der Waals surface area contributed by atoms with Crippen molar-refractivity contribution in [3.63, 3.8) is 0 Å². The molecule has 0 unspecified atom stereocenters. The molecule has 0 saturated carbocycles. The first-order chi connectivity index (χ1) is 10.2. The maximum absolute atomic E-state index is 11.4. The van der Waals surface area contributed by atoms with Crippen molar-refractivity contribution in [2.75, 3.05) is 7.11 Å². The van der Waals surface area contributed by atoms with E-state index in [0.29, 0.717) is 11.5 Å². The number of nitrogens with zero attached hydrogens (tertiary/aromatic N) is 1. The van der Waals surface area contributed by atoms with Gasteiger partial charge in [-0.05, 0) is 43.0 Å². The molecule has 1 aromatic heterocycles. The van der Waals surface area contributed by atoms with E-state index in [0.717, 1.165) is 30.5 Å². The number of hydrogen-bond acceptors (Lipinski definition) is 4. The van der Waals surface area contributed by atoms with Gasteiger partial charge in [0, 0.05) is 5.69 Å². The second-order valence-electron chi connectivity index (χ2n) is 4.86. The van der Waals surface area contributed by atoms with Crippen LogP contribution < -0.4 is 9.47 Å². The first-order valence-electron chi connectivity index (χ1n) is 6.76. The summed E-state index contributed by atoms with van der Waals surface area (Å²) in [5, 5.41) is 9.35. The highest BCUT2D eigenvalue weighted by molar-refractivity contribution is 5.90. The third kappa shape index (κ3) is 2.54. The van der Waals surface area contributed by atoms with Crippen LogP contribution in [0.5, 0.6) is 17.4 Å². The van der Waals surface area contributed by atoms with E-state index < -0.39 is 5.97 Å². The summed E-state index contributed by atoms with van der Waals surface area (Å²) in [7, 11) is 1.54. The lowest BCUT2D eigenvalue weighted by Gasteiger charge is -2.12. The van der Waals surface area contributed by atoms with Crippen LogP contribution in [-0.4, -0.2) is 23.2 Å². The van der Waals surface area contributed by atoms with Crippen LogP contribution in [0.3, 0.4) is 0 Å².